The van der Waals surface area contributed by atoms with Crippen molar-refractivity contribution in [1.82, 2.24) is 10.2 Å². The van der Waals surface area contributed by atoms with Crippen molar-refractivity contribution in [3.63, 3.8) is 0 Å². The highest BCUT2D eigenvalue weighted by Crippen LogP contribution is 2.24. The number of urea groups is 1. The highest BCUT2D eigenvalue weighted by Gasteiger charge is 2.19. The molecule has 1 saturated heterocycles. The van der Waals surface area contributed by atoms with Crippen LogP contribution in [0.5, 0.6) is 11.5 Å². The van der Waals surface area contributed by atoms with Crippen molar-refractivity contribution >= 4 is 12.0 Å². The Morgan fingerprint density at radius 3 is 2.90 bits per heavy atom. The van der Waals surface area contributed by atoms with Gasteiger partial charge in [-0.25, -0.2) is 9.59 Å². The summed E-state index contributed by atoms with van der Waals surface area (Å²) in [5, 5.41) is 11.8. The number of ether oxygens (including phenoxy) is 2. The highest BCUT2D eigenvalue weighted by molar-refractivity contribution is 5.91. The maximum absolute atomic E-state index is 11.3. The molecule has 2 amide bonds. The van der Waals surface area contributed by atoms with Crippen LogP contribution < -0.4 is 14.8 Å². The summed E-state index contributed by atoms with van der Waals surface area (Å²) in [5.74, 6) is -0.318. The van der Waals surface area contributed by atoms with Crippen LogP contribution in [0.1, 0.15) is 10.4 Å². The second-order valence-corrected chi connectivity index (χ2v) is 4.23. The molecule has 1 aromatic rings. The second-order valence-electron chi connectivity index (χ2n) is 4.23. The number of nitrogens with zero attached hydrogens (tertiary/aromatic N) is 1. The number of amides is 2. The number of hydrogen-bond acceptors (Lipinski definition) is 4. The van der Waals surface area contributed by atoms with Gasteiger partial charge in [-0.3, -0.25) is 0 Å². The molecular weight excluding hydrogens is 264 g/mol. The van der Waals surface area contributed by atoms with Gasteiger partial charge in [0.1, 0.15) is 23.7 Å². The van der Waals surface area contributed by atoms with Gasteiger partial charge in [0, 0.05) is 19.2 Å². The lowest BCUT2D eigenvalue weighted by atomic mass is 10.2. The number of aromatic carboxylic acids is 1. The van der Waals surface area contributed by atoms with Crippen molar-refractivity contribution in [2.24, 2.45) is 0 Å². The van der Waals surface area contributed by atoms with Gasteiger partial charge in [0.25, 0.3) is 0 Å². The molecule has 108 valence electrons. The summed E-state index contributed by atoms with van der Waals surface area (Å²) < 4.78 is 10.5. The normalized spacial score (nSPS) is 14.1. The van der Waals surface area contributed by atoms with Crippen LogP contribution >= 0.6 is 0 Å². The Bertz CT molecular complexity index is 517. The number of carbonyl (C=O) groups is 2. The number of methoxy groups -OCH3 is 1. The number of carboxylic acid groups (broad SMARTS) is 1. The molecule has 1 fully saturated rings. The molecule has 1 aromatic carbocycles. The third-order valence-electron chi connectivity index (χ3n) is 2.98. The summed E-state index contributed by atoms with van der Waals surface area (Å²) in [5.41, 5.74) is 0.0664. The van der Waals surface area contributed by atoms with E-state index in [0.717, 1.165) is 0 Å². The standard InChI is InChI=1S/C13H16N2O5/c1-19-9-2-3-10(12(16)17)11(8-9)20-7-6-15-5-4-14-13(15)18/h2-3,8H,4-7H2,1H3,(H,14,18)(H,16,17). The number of carboxylic acids is 1. The predicted molar refractivity (Wildman–Crippen MR) is 70.4 cm³/mol. The quantitative estimate of drug-likeness (QED) is 0.804. The molecule has 0 aromatic heterocycles. The molecule has 0 atom stereocenters. The van der Waals surface area contributed by atoms with Crippen LogP contribution in [0, 0.1) is 0 Å². The van der Waals surface area contributed by atoms with Gasteiger partial charge in [-0.2, -0.15) is 0 Å². The Morgan fingerprint density at radius 1 is 1.50 bits per heavy atom. The molecule has 1 heterocycles. The molecule has 2 rings (SSSR count). The monoisotopic (exact) mass is 280 g/mol. The van der Waals surface area contributed by atoms with E-state index in [2.05, 4.69) is 5.32 Å². The lowest BCUT2D eigenvalue weighted by Crippen LogP contribution is -2.32. The first kappa shape index (κ1) is 14.0. The van der Waals surface area contributed by atoms with E-state index in [-0.39, 0.29) is 24.0 Å². The zero-order valence-corrected chi connectivity index (χ0v) is 11.1. The smallest absolute Gasteiger partial charge is 0.339 e. The Labute approximate surface area is 116 Å². The van der Waals surface area contributed by atoms with Gasteiger partial charge in [0.05, 0.1) is 13.7 Å². The van der Waals surface area contributed by atoms with Crippen molar-refractivity contribution in [2.45, 2.75) is 0 Å². The summed E-state index contributed by atoms with van der Waals surface area (Å²) in [6, 6.07) is 4.38. The van der Waals surface area contributed by atoms with Crippen LogP contribution in [0.3, 0.4) is 0 Å². The fraction of sp³-hybridized carbons (Fsp3) is 0.385. The zero-order chi connectivity index (χ0) is 14.5. The fourth-order valence-corrected chi connectivity index (χ4v) is 1.92. The summed E-state index contributed by atoms with van der Waals surface area (Å²) in [6.45, 7) is 1.88. The predicted octanol–water partition coefficient (Wildman–Crippen LogP) is 0.797. The molecule has 7 heteroatoms. The molecule has 0 aliphatic carbocycles. The van der Waals surface area contributed by atoms with E-state index < -0.39 is 5.97 Å². The second kappa shape index (κ2) is 6.14. The molecule has 0 spiro atoms. The number of nitrogens with one attached hydrogen (secondary N) is 1. The Hall–Kier alpha value is -2.44. The zero-order valence-electron chi connectivity index (χ0n) is 11.1. The number of rotatable bonds is 6. The van der Waals surface area contributed by atoms with Crippen LogP contribution in [0.15, 0.2) is 18.2 Å². The van der Waals surface area contributed by atoms with Gasteiger partial charge in [-0.15, -0.1) is 0 Å². The SMILES string of the molecule is COc1ccc(C(=O)O)c(OCCN2CCNC2=O)c1. The number of carbonyl (C=O) groups excluding carboxylic acids is 1. The molecule has 0 unspecified atom stereocenters. The van der Waals surface area contributed by atoms with Gasteiger partial charge in [-0.05, 0) is 12.1 Å². The third-order valence-corrected chi connectivity index (χ3v) is 2.98. The minimum Gasteiger partial charge on any atom is -0.497 e. The average Bonchev–Trinajstić information content (AvgIpc) is 2.84. The molecular formula is C13H16N2O5. The number of hydrogen-bond donors (Lipinski definition) is 2. The van der Waals surface area contributed by atoms with E-state index in [1.807, 2.05) is 0 Å². The highest BCUT2D eigenvalue weighted by atomic mass is 16.5. The molecule has 7 nitrogen and oxygen atoms in total. The Morgan fingerprint density at radius 2 is 2.30 bits per heavy atom. The van der Waals surface area contributed by atoms with Crippen molar-refractivity contribution < 1.29 is 24.2 Å². The van der Waals surface area contributed by atoms with Crippen molar-refractivity contribution in [3.05, 3.63) is 23.8 Å². The van der Waals surface area contributed by atoms with Crippen LogP contribution in [0.4, 0.5) is 4.79 Å². The Balaban J connectivity index is 2.00. The fourth-order valence-electron chi connectivity index (χ4n) is 1.92. The maximum Gasteiger partial charge on any atom is 0.339 e. The lowest BCUT2D eigenvalue weighted by Gasteiger charge is -2.15. The lowest BCUT2D eigenvalue weighted by molar-refractivity contribution is 0.0691. The van der Waals surface area contributed by atoms with Gasteiger partial charge in [0.2, 0.25) is 0 Å². The Kier molecular flexibility index (Phi) is 4.29. The molecule has 0 radical (unpaired) electrons. The molecule has 1 aliphatic heterocycles. The average molecular weight is 280 g/mol. The topological polar surface area (TPSA) is 88.1 Å². The van der Waals surface area contributed by atoms with E-state index >= 15 is 0 Å². The van der Waals surface area contributed by atoms with Gasteiger partial charge < -0.3 is 24.8 Å². The van der Waals surface area contributed by atoms with Crippen molar-refractivity contribution in [2.75, 3.05) is 33.4 Å². The third kappa shape index (κ3) is 3.11. The largest absolute Gasteiger partial charge is 0.497 e. The van der Waals surface area contributed by atoms with Crippen LogP contribution in [-0.2, 0) is 0 Å². The molecule has 20 heavy (non-hydrogen) atoms. The first-order valence-electron chi connectivity index (χ1n) is 6.18. The van der Waals surface area contributed by atoms with Gasteiger partial charge in [0.15, 0.2) is 0 Å². The van der Waals surface area contributed by atoms with Crippen LogP contribution in [-0.4, -0.2) is 55.4 Å². The van der Waals surface area contributed by atoms with Crippen molar-refractivity contribution in [3.8, 4) is 11.5 Å². The first-order chi connectivity index (χ1) is 9.61. The van der Waals surface area contributed by atoms with E-state index in [4.69, 9.17) is 14.6 Å². The van der Waals surface area contributed by atoms with E-state index in [1.165, 1.54) is 19.2 Å². The summed E-state index contributed by atoms with van der Waals surface area (Å²) in [7, 11) is 1.49. The summed E-state index contributed by atoms with van der Waals surface area (Å²) in [4.78, 5) is 24.0. The molecule has 0 saturated carbocycles. The van der Waals surface area contributed by atoms with Gasteiger partial charge in [-0.1, -0.05) is 0 Å². The van der Waals surface area contributed by atoms with Crippen LogP contribution in [0.25, 0.3) is 0 Å². The minimum atomic E-state index is -1.07. The van der Waals surface area contributed by atoms with Crippen LogP contribution in [0.2, 0.25) is 0 Å². The summed E-state index contributed by atoms with van der Waals surface area (Å²) in [6.07, 6.45) is 0. The van der Waals surface area contributed by atoms with E-state index in [0.29, 0.717) is 25.4 Å². The number of benzene rings is 1. The minimum absolute atomic E-state index is 0.0664. The summed E-state index contributed by atoms with van der Waals surface area (Å²) >= 11 is 0. The van der Waals surface area contributed by atoms with Gasteiger partial charge >= 0.3 is 12.0 Å². The first-order valence-corrected chi connectivity index (χ1v) is 6.18. The maximum atomic E-state index is 11.3. The van der Waals surface area contributed by atoms with Crippen molar-refractivity contribution in [1.29, 1.82) is 0 Å². The van der Waals surface area contributed by atoms with E-state index in [9.17, 15) is 9.59 Å². The van der Waals surface area contributed by atoms with E-state index in [1.54, 1.807) is 11.0 Å². The molecule has 1 aliphatic rings. The molecule has 0 bridgehead atoms. The molecule has 2 N–H and O–H groups in total.